The SMILES string of the molecule is COc1cc(F)cc(C(O)C(O)CNC(=O)OCC2c3ccccc3-c3ccccc32)c1. The molecule has 0 aromatic heterocycles. The second kappa shape index (κ2) is 9.38. The number of benzene rings is 3. The second-order valence-corrected chi connectivity index (χ2v) is 7.64. The Morgan fingerprint density at radius 2 is 1.66 bits per heavy atom. The van der Waals surface area contributed by atoms with Crippen molar-refractivity contribution in [2.24, 2.45) is 0 Å². The summed E-state index contributed by atoms with van der Waals surface area (Å²) in [7, 11) is 1.38. The van der Waals surface area contributed by atoms with Crippen LogP contribution in [0.15, 0.2) is 66.7 Å². The molecule has 3 aromatic carbocycles. The molecule has 166 valence electrons. The summed E-state index contributed by atoms with van der Waals surface area (Å²) in [5.74, 6) is -0.464. The van der Waals surface area contributed by atoms with Gasteiger partial charge in [0.15, 0.2) is 0 Å². The molecule has 0 radical (unpaired) electrons. The van der Waals surface area contributed by atoms with Gasteiger partial charge in [0.05, 0.1) is 7.11 Å². The molecule has 0 spiro atoms. The number of hydrogen-bond acceptors (Lipinski definition) is 5. The number of carbonyl (C=O) groups excluding carboxylic acids is 1. The van der Waals surface area contributed by atoms with E-state index in [1.54, 1.807) is 0 Å². The van der Waals surface area contributed by atoms with Gasteiger partial charge in [-0.05, 0) is 39.9 Å². The number of ether oxygens (including phenoxy) is 2. The lowest BCUT2D eigenvalue weighted by Crippen LogP contribution is -2.36. The number of hydrogen-bond donors (Lipinski definition) is 3. The van der Waals surface area contributed by atoms with E-state index in [4.69, 9.17) is 9.47 Å². The molecular weight excluding hydrogens is 413 g/mol. The monoisotopic (exact) mass is 437 g/mol. The smallest absolute Gasteiger partial charge is 0.407 e. The summed E-state index contributed by atoms with van der Waals surface area (Å²) in [4.78, 5) is 12.2. The van der Waals surface area contributed by atoms with Crippen LogP contribution in [0.2, 0.25) is 0 Å². The van der Waals surface area contributed by atoms with E-state index < -0.39 is 24.1 Å². The maximum Gasteiger partial charge on any atom is 0.407 e. The Bertz CT molecular complexity index is 1070. The van der Waals surface area contributed by atoms with Crippen LogP contribution in [0.1, 0.15) is 28.7 Å². The normalized spacial score (nSPS) is 14.2. The maximum absolute atomic E-state index is 13.6. The van der Waals surface area contributed by atoms with Gasteiger partial charge >= 0.3 is 6.09 Å². The highest BCUT2D eigenvalue weighted by atomic mass is 19.1. The minimum atomic E-state index is -1.41. The molecule has 0 bridgehead atoms. The standard InChI is InChI=1S/C25H24FNO5/c1-31-17-11-15(10-16(26)12-17)24(29)23(28)13-27-25(30)32-14-22-20-8-4-2-6-18(20)19-7-3-5-9-21(19)22/h2-12,22-24,28-29H,13-14H2,1H3,(H,27,30). The van der Waals surface area contributed by atoms with Crippen LogP contribution in [0.5, 0.6) is 5.75 Å². The highest BCUT2D eigenvalue weighted by Gasteiger charge is 2.29. The molecule has 32 heavy (non-hydrogen) atoms. The lowest BCUT2D eigenvalue weighted by molar-refractivity contribution is 0.0183. The van der Waals surface area contributed by atoms with Crippen molar-refractivity contribution < 1.29 is 28.9 Å². The lowest BCUT2D eigenvalue weighted by atomic mass is 9.98. The molecular formula is C25H24FNO5. The molecule has 0 saturated carbocycles. The molecule has 0 aliphatic heterocycles. The van der Waals surface area contributed by atoms with Crippen molar-refractivity contribution in [3.8, 4) is 16.9 Å². The molecule has 3 N–H and O–H groups in total. The van der Waals surface area contributed by atoms with Gasteiger partial charge in [-0.25, -0.2) is 9.18 Å². The van der Waals surface area contributed by atoms with E-state index in [9.17, 15) is 19.4 Å². The van der Waals surface area contributed by atoms with E-state index in [0.717, 1.165) is 34.4 Å². The first kappa shape index (κ1) is 21.8. The summed E-state index contributed by atoms with van der Waals surface area (Å²) in [6, 6.07) is 19.7. The van der Waals surface area contributed by atoms with Gasteiger partial charge in [0, 0.05) is 18.5 Å². The molecule has 1 aliphatic rings. The van der Waals surface area contributed by atoms with E-state index in [-0.39, 0.29) is 30.4 Å². The molecule has 0 heterocycles. The van der Waals surface area contributed by atoms with Gasteiger partial charge in [0.1, 0.15) is 30.4 Å². The van der Waals surface area contributed by atoms with Crippen molar-refractivity contribution in [3.63, 3.8) is 0 Å². The minimum absolute atomic E-state index is 0.0802. The molecule has 1 amide bonds. The number of alkyl carbamates (subject to hydrolysis) is 1. The van der Waals surface area contributed by atoms with Crippen LogP contribution in [0, 0.1) is 5.82 Å². The quantitative estimate of drug-likeness (QED) is 0.524. The average molecular weight is 437 g/mol. The van der Waals surface area contributed by atoms with Crippen LogP contribution in [-0.2, 0) is 4.74 Å². The predicted molar refractivity (Wildman–Crippen MR) is 117 cm³/mol. The summed E-state index contributed by atoms with van der Waals surface area (Å²) in [5, 5.41) is 23.0. The van der Waals surface area contributed by atoms with Crippen LogP contribution >= 0.6 is 0 Å². The first-order valence-electron chi connectivity index (χ1n) is 10.3. The number of nitrogens with one attached hydrogen (secondary N) is 1. The molecule has 6 nitrogen and oxygen atoms in total. The third-order valence-electron chi connectivity index (χ3n) is 5.63. The highest BCUT2D eigenvalue weighted by Crippen LogP contribution is 2.44. The number of methoxy groups -OCH3 is 1. The van der Waals surface area contributed by atoms with Crippen LogP contribution in [-0.4, -0.2) is 42.7 Å². The minimum Gasteiger partial charge on any atom is -0.497 e. The number of amides is 1. The Morgan fingerprint density at radius 1 is 1.03 bits per heavy atom. The van der Waals surface area contributed by atoms with Crippen molar-refractivity contribution in [1.82, 2.24) is 5.32 Å². The van der Waals surface area contributed by atoms with Gasteiger partial charge in [-0.1, -0.05) is 48.5 Å². The largest absolute Gasteiger partial charge is 0.497 e. The van der Waals surface area contributed by atoms with E-state index in [0.29, 0.717) is 0 Å². The van der Waals surface area contributed by atoms with E-state index in [2.05, 4.69) is 5.32 Å². The van der Waals surface area contributed by atoms with Gasteiger partial charge in [-0.15, -0.1) is 0 Å². The van der Waals surface area contributed by atoms with Crippen molar-refractivity contribution in [2.75, 3.05) is 20.3 Å². The van der Waals surface area contributed by atoms with Gasteiger partial charge in [0.25, 0.3) is 0 Å². The molecule has 4 rings (SSSR count). The van der Waals surface area contributed by atoms with Crippen LogP contribution in [0.25, 0.3) is 11.1 Å². The molecule has 0 fully saturated rings. The fourth-order valence-corrected chi connectivity index (χ4v) is 4.04. The van der Waals surface area contributed by atoms with Crippen LogP contribution in [0.3, 0.4) is 0 Å². The molecule has 7 heteroatoms. The molecule has 0 saturated heterocycles. The van der Waals surface area contributed by atoms with Crippen molar-refractivity contribution in [3.05, 3.63) is 89.2 Å². The predicted octanol–water partition coefficient (Wildman–Crippen LogP) is 3.77. The van der Waals surface area contributed by atoms with Crippen molar-refractivity contribution in [1.29, 1.82) is 0 Å². The van der Waals surface area contributed by atoms with E-state index >= 15 is 0 Å². The van der Waals surface area contributed by atoms with Crippen LogP contribution in [0.4, 0.5) is 9.18 Å². The lowest BCUT2D eigenvalue weighted by Gasteiger charge is -2.20. The summed E-state index contributed by atoms with van der Waals surface area (Å²) >= 11 is 0. The summed E-state index contributed by atoms with van der Waals surface area (Å²) < 4.78 is 24.0. The Balaban J connectivity index is 1.34. The first-order chi connectivity index (χ1) is 15.5. The first-order valence-corrected chi connectivity index (χ1v) is 10.3. The number of halogens is 1. The van der Waals surface area contributed by atoms with Gasteiger partial charge < -0.3 is 25.0 Å². The van der Waals surface area contributed by atoms with E-state index in [1.165, 1.54) is 13.2 Å². The number of rotatable bonds is 7. The van der Waals surface area contributed by atoms with Crippen LogP contribution < -0.4 is 10.1 Å². The van der Waals surface area contributed by atoms with Gasteiger partial charge in [0.2, 0.25) is 0 Å². The fourth-order valence-electron chi connectivity index (χ4n) is 4.04. The third-order valence-corrected chi connectivity index (χ3v) is 5.63. The number of aliphatic hydroxyl groups is 2. The highest BCUT2D eigenvalue weighted by molar-refractivity contribution is 5.79. The summed E-state index contributed by atoms with van der Waals surface area (Å²) in [6.45, 7) is -0.129. The average Bonchev–Trinajstić information content (AvgIpc) is 3.14. The van der Waals surface area contributed by atoms with Gasteiger partial charge in [-0.2, -0.15) is 0 Å². The Morgan fingerprint density at radius 3 is 2.28 bits per heavy atom. The number of carbonyl (C=O) groups is 1. The zero-order valence-electron chi connectivity index (χ0n) is 17.5. The molecule has 3 aromatic rings. The second-order valence-electron chi connectivity index (χ2n) is 7.64. The Hall–Kier alpha value is -3.42. The summed E-state index contributed by atoms with van der Waals surface area (Å²) in [6.07, 6.45) is -3.48. The van der Waals surface area contributed by atoms with Crippen molar-refractivity contribution in [2.45, 2.75) is 18.1 Å². The topological polar surface area (TPSA) is 88.0 Å². The zero-order valence-corrected chi connectivity index (χ0v) is 17.5. The van der Waals surface area contributed by atoms with Gasteiger partial charge in [-0.3, -0.25) is 0 Å². The number of aliphatic hydroxyl groups excluding tert-OH is 2. The molecule has 2 atom stereocenters. The van der Waals surface area contributed by atoms with E-state index in [1.807, 2.05) is 48.5 Å². The van der Waals surface area contributed by atoms with Crippen molar-refractivity contribution >= 4 is 6.09 Å². The fraction of sp³-hybridized carbons (Fsp3) is 0.240. The number of fused-ring (bicyclic) bond motifs is 3. The summed E-state index contributed by atoms with van der Waals surface area (Å²) in [5.41, 5.74) is 4.58. The molecule has 1 aliphatic carbocycles. The molecule has 2 unspecified atom stereocenters. The zero-order chi connectivity index (χ0) is 22.7. The Labute approximate surface area is 185 Å². The third kappa shape index (κ3) is 4.44. The Kier molecular flexibility index (Phi) is 6.39. The maximum atomic E-state index is 13.6.